The Kier molecular flexibility index (Phi) is 2.97. The number of nitrogen functional groups attached to an aromatic ring is 1. The Balaban J connectivity index is 2.30. The van der Waals surface area contributed by atoms with Crippen molar-refractivity contribution in [2.24, 2.45) is 5.73 Å². The summed E-state index contributed by atoms with van der Waals surface area (Å²) in [4.78, 5) is 14.6. The fraction of sp³-hybridized carbons (Fsp3) is 0.500. The molecular weight excluding hydrogens is 222 g/mol. The molecule has 90 valence electrons. The number of nitrogens with zero attached hydrogens (tertiary/aromatic N) is 3. The summed E-state index contributed by atoms with van der Waals surface area (Å²) in [5.41, 5.74) is 11.0. The van der Waals surface area contributed by atoms with E-state index in [0.29, 0.717) is 19.6 Å². The molecule has 0 saturated carbocycles. The topological polar surface area (TPSA) is 101 Å². The third-order valence-electron chi connectivity index (χ3n) is 2.82. The maximum Gasteiger partial charge on any atom is 0.268 e. The molecule has 1 amide bonds. The van der Waals surface area contributed by atoms with Crippen LogP contribution in [0.4, 0.5) is 5.82 Å². The van der Waals surface area contributed by atoms with E-state index in [0.717, 1.165) is 0 Å². The van der Waals surface area contributed by atoms with Crippen LogP contribution >= 0.6 is 0 Å². The number of carbonyl (C=O) groups excluding carboxylic acids is 1. The molecule has 0 aliphatic carbocycles. The summed E-state index contributed by atoms with van der Waals surface area (Å²) in [7, 11) is 0. The lowest BCUT2D eigenvalue weighted by molar-refractivity contribution is 0.0603. The first-order valence-electron chi connectivity index (χ1n) is 5.22. The molecule has 1 saturated heterocycles. The van der Waals surface area contributed by atoms with Crippen molar-refractivity contribution in [3.05, 3.63) is 23.2 Å². The normalized spacial score (nSPS) is 24.2. The van der Waals surface area contributed by atoms with E-state index in [1.807, 2.05) is 0 Å². The summed E-state index contributed by atoms with van der Waals surface area (Å²) in [5, 5.41) is 4.05. The quantitative estimate of drug-likeness (QED) is 0.694. The zero-order valence-electron chi connectivity index (χ0n) is 9.17. The highest BCUT2D eigenvalue weighted by molar-refractivity contribution is 5.96. The average molecular weight is 235 g/mol. The molecule has 7 heteroatoms. The van der Waals surface area contributed by atoms with Gasteiger partial charge in [0.25, 0.3) is 11.9 Å². The van der Waals surface area contributed by atoms with E-state index < -0.39 is 5.91 Å². The average Bonchev–Trinajstić information content (AvgIpc) is 2.71. The van der Waals surface area contributed by atoms with Crippen LogP contribution in [0.2, 0.25) is 0 Å². The first-order valence-corrected chi connectivity index (χ1v) is 5.22. The van der Waals surface area contributed by atoms with Crippen molar-refractivity contribution in [1.29, 1.82) is 0 Å². The predicted octanol–water partition coefficient (Wildman–Crippen LogP) is -0.187. The van der Waals surface area contributed by atoms with Gasteiger partial charge in [0.15, 0.2) is 5.82 Å². The molecular formula is C10H13N5O2. The van der Waals surface area contributed by atoms with Crippen LogP contribution in [0.3, 0.4) is 0 Å². The van der Waals surface area contributed by atoms with Crippen LogP contribution in [0.1, 0.15) is 22.8 Å². The predicted molar refractivity (Wildman–Crippen MR) is 60.0 cm³/mol. The number of rotatable bonds is 2. The molecule has 1 aliphatic rings. The molecule has 2 unspecified atom stereocenters. The molecule has 2 rings (SSSR count). The summed E-state index contributed by atoms with van der Waals surface area (Å²) in [5.74, 6) is -0.507. The Morgan fingerprint density at radius 3 is 3.06 bits per heavy atom. The number of hydrogen-bond acceptors (Lipinski definition) is 4. The summed E-state index contributed by atoms with van der Waals surface area (Å²) in [6.07, 6.45) is 2.18. The van der Waals surface area contributed by atoms with E-state index in [1.165, 1.54) is 6.20 Å². The molecule has 7 nitrogen and oxygen atoms in total. The van der Waals surface area contributed by atoms with Gasteiger partial charge in [-0.15, -0.1) is 0 Å². The molecule has 0 aromatic carbocycles. The van der Waals surface area contributed by atoms with E-state index in [4.69, 9.17) is 22.8 Å². The minimum absolute atomic E-state index is 0.104. The highest BCUT2D eigenvalue weighted by Gasteiger charge is 2.33. The smallest absolute Gasteiger partial charge is 0.268 e. The van der Waals surface area contributed by atoms with Crippen molar-refractivity contribution in [2.45, 2.75) is 18.5 Å². The van der Waals surface area contributed by atoms with E-state index in [1.54, 1.807) is 4.68 Å². The zero-order valence-corrected chi connectivity index (χ0v) is 9.17. The number of hydrogen-bond donors (Lipinski definition) is 2. The lowest BCUT2D eigenvalue weighted by Gasteiger charge is -2.23. The Morgan fingerprint density at radius 2 is 2.47 bits per heavy atom. The van der Waals surface area contributed by atoms with Crippen LogP contribution in [0.5, 0.6) is 0 Å². The lowest BCUT2D eigenvalue weighted by Crippen LogP contribution is -2.32. The number of anilines is 1. The van der Waals surface area contributed by atoms with Gasteiger partial charge in [0.05, 0.1) is 0 Å². The van der Waals surface area contributed by atoms with Crippen molar-refractivity contribution in [1.82, 2.24) is 9.78 Å². The van der Waals surface area contributed by atoms with E-state index in [9.17, 15) is 4.79 Å². The van der Waals surface area contributed by atoms with Gasteiger partial charge in [-0.05, 0) is 0 Å². The Labute approximate surface area is 98.1 Å². The molecule has 17 heavy (non-hydrogen) atoms. The van der Waals surface area contributed by atoms with Crippen molar-refractivity contribution in [3.8, 4) is 0 Å². The molecule has 1 aromatic heterocycles. The molecule has 0 spiro atoms. The van der Waals surface area contributed by atoms with Gasteiger partial charge in [-0.25, -0.2) is 6.57 Å². The molecule has 1 aromatic rings. The first kappa shape index (κ1) is 11.4. The van der Waals surface area contributed by atoms with Gasteiger partial charge in [-0.2, -0.15) is 5.10 Å². The number of ether oxygens (including phenoxy) is 1. The minimum atomic E-state index is -0.611. The number of primary amides is 1. The van der Waals surface area contributed by atoms with E-state index >= 15 is 0 Å². The SMILES string of the molecule is [C-]#[N+]C1COCCC1n1cc(C(N)=O)c(N)n1. The Morgan fingerprint density at radius 1 is 1.71 bits per heavy atom. The maximum atomic E-state index is 11.1. The van der Waals surface area contributed by atoms with Crippen LogP contribution in [-0.2, 0) is 4.74 Å². The van der Waals surface area contributed by atoms with Crippen LogP contribution in [0.15, 0.2) is 6.20 Å². The molecule has 4 N–H and O–H groups in total. The van der Waals surface area contributed by atoms with Crippen LogP contribution in [0.25, 0.3) is 4.85 Å². The fourth-order valence-electron chi connectivity index (χ4n) is 1.91. The first-order chi connectivity index (χ1) is 8.13. The third-order valence-corrected chi connectivity index (χ3v) is 2.82. The summed E-state index contributed by atoms with van der Waals surface area (Å²) in [6, 6.07) is -0.416. The third kappa shape index (κ3) is 2.07. The molecule has 1 aliphatic heterocycles. The minimum Gasteiger partial charge on any atom is -0.382 e. The van der Waals surface area contributed by atoms with Crippen molar-refractivity contribution in [3.63, 3.8) is 0 Å². The fourth-order valence-corrected chi connectivity index (χ4v) is 1.91. The highest BCUT2D eigenvalue weighted by Crippen LogP contribution is 2.25. The van der Waals surface area contributed by atoms with Crippen molar-refractivity contribution in [2.75, 3.05) is 18.9 Å². The summed E-state index contributed by atoms with van der Waals surface area (Å²) in [6.45, 7) is 8.05. The summed E-state index contributed by atoms with van der Waals surface area (Å²) < 4.78 is 6.79. The second kappa shape index (κ2) is 4.43. The van der Waals surface area contributed by atoms with Gasteiger partial charge in [-0.1, -0.05) is 0 Å². The van der Waals surface area contributed by atoms with Gasteiger partial charge in [0, 0.05) is 19.2 Å². The number of amides is 1. The number of nitrogens with two attached hydrogens (primary N) is 2. The molecule has 2 heterocycles. The van der Waals surface area contributed by atoms with Gasteiger partial charge in [0.2, 0.25) is 0 Å². The summed E-state index contributed by atoms with van der Waals surface area (Å²) >= 11 is 0. The number of carbonyl (C=O) groups is 1. The highest BCUT2D eigenvalue weighted by atomic mass is 16.5. The van der Waals surface area contributed by atoms with Gasteiger partial charge in [0.1, 0.15) is 18.2 Å². The van der Waals surface area contributed by atoms with Crippen LogP contribution in [-0.4, -0.2) is 34.9 Å². The lowest BCUT2D eigenvalue weighted by atomic mass is 10.0. The molecule has 1 fully saturated rings. The monoisotopic (exact) mass is 235 g/mol. The molecule has 0 radical (unpaired) electrons. The molecule has 0 bridgehead atoms. The van der Waals surface area contributed by atoms with Crippen molar-refractivity contribution < 1.29 is 9.53 Å². The van der Waals surface area contributed by atoms with Gasteiger partial charge >= 0.3 is 0 Å². The van der Waals surface area contributed by atoms with Gasteiger partial charge < -0.3 is 21.0 Å². The standard InChI is InChI=1S/C10H13N5O2/c1-13-7-5-17-3-2-8(7)15-4-6(10(12)16)9(11)14-15/h4,7-8H,2-3,5H2,(H2,11,14)(H2,12,16). The van der Waals surface area contributed by atoms with E-state index in [-0.39, 0.29) is 23.5 Å². The Bertz CT molecular complexity index is 476. The van der Waals surface area contributed by atoms with Gasteiger partial charge in [-0.3, -0.25) is 9.48 Å². The second-order valence-corrected chi connectivity index (χ2v) is 3.90. The van der Waals surface area contributed by atoms with Crippen LogP contribution < -0.4 is 11.5 Å². The second-order valence-electron chi connectivity index (χ2n) is 3.90. The number of aromatic nitrogens is 2. The zero-order chi connectivity index (χ0) is 12.4. The molecule has 2 atom stereocenters. The van der Waals surface area contributed by atoms with Crippen molar-refractivity contribution >= 4 is 11.7 Å². The van der Waals surface area contributed by atoms with Crippen LogP contribution in [0, 0.1) is 6.57 Å². The largest absolute Gasteiger partial charge is 0.382 e. The maximum absolute atomic E-state index is 11.1. The van der Waals surface area contributed by atoms with E-state index in [2.05, 4.69) is 9.94 Å². The Hall–Kier alpha value is -2.07.